The first-order valence-corrected chi connectivity index (χ1v) is 15.5. The average molecular weight is 649 g/mol. The van der Waals surface area contributed by atoms with E-state index in [-0.39, 0.29) is 35.8 Å². The molecule has 0 radical (unpaired) electrons. The standard InChI is InChI=1S/C34H38BrN3O5/c1-34(2,3)43-33(42)37-15-13-28(24-12-14-36(4)30(39)19-24)29(21-37)32(41)38(27-10-11-27)20-22-16-25(18-26(35)17-22)31(40)23-8-6-5-7-9-23/h5-9,12,14,16-19,27-29H,10-11,13,15,20-21H2,1-4H3/t28-,29+/m1/s1. The molecule has 0 N–H and O–H groups in total. The summed E-state index contributed by atoms with van der Waals surface area (Å²) in [5, 5.41) is 0. The molecular formula is C34H38BrN3O5. The molecule has 2 heterocycles. The molecule has 2 atom stereocenters. The number of pyridine rings is 1. The van der Waals surface area contributed by atoms with E-state index < -0.39 is 17.6 Å². The highest BCUT2D eigenvalue weighted by Crippen LogP contribution is 2.38. The van der Waals surface area contributed by atoms with Crippen LogP contribution in [0.25, 0.3) is 0 Å². The molecule has 2 fully saturated rings. The molecule has 2 amide bonds. The number of aryl methyl sites for hydroxylation is 1. The minimum Gasteiger partial charge on any atom is -0.444 e. The molecule has 1 aliphatic carbocycles. The Balaban J connectivity index is 1.45. The summed E-state index contributed by atoms with van der Waals surface area (Å²) < 4.78 is 7.93. The van der Waals surface area contributed by atoms with Crippen LogP contribution in [0.1, 0.15) is 73.0 Å². The van der Waals surface area contributed by atoms with Crippen LogP contribution in [-0.2, 0) is 23.1 Å². The summed E-state index contributed by atoms with van der Waals surface area (Å²) in [6, 6.07) is 18.3. The summed E-state index contributed by atoms with van der Waals surface area (Å²) in [5.41, 5.74) is 2.00. The van der Waals surface area contributed by atoms with Crippen molar-refractivity contribution < 1.29 is 19.1 Å². The highest BCUT2D eigenvalue weighted by atomic mass is 79.9. The number of aromatic nitrogens is 1. The minimum atomic E-state index is -0.658. The van der Waals surface area contributed by atoms with E-state index in [1.165, 1.54) is 4.57 Å². The molecule has 0 bridgehead atoms. The number of benzene rings is 2. The first-order valence-electron chi connectivity index (χ1n) is 14.7. The van der Waals surface area contributed by atoms with Crippen molar-refractivity contribution in [1.29, 1.82) is 0 Å². The Hall–Kier alpha value is -3.72. The van der Waals surface area contributed by atoms with Gasteiger partial charge in [0.25, 0.3) is 5.56 Å². The first-order chi connectivity index (χ1) is 20.4. The highest BCUT2D eigenvalue weighted by Gasteiger charge is 2.43. The maximum atomic E-state index is 14.5. The molecule has 3 aromatic rings. The van der Waals surface area contributed by atoms with Crippen LogP contribution in [-0.4, -0.2) is 56.9 Å². The zero-order valence-electron chi connectivity index (χ0n) is 25.1. The van der Waals surface area contributed by atoms with Crippen molar-refractivity contribution in [3.05, 3.63) is 104 Å². The van der Waals surface area contributed by atoms with Gasteiger partial charge < -0.3 is 19.1 Å². The molecular weight excluding hydrogens is 610 g/mol. The third kappa shape index (κ3) is 7.44. The molecule has 1 aromatic heterocycles. The Kier molecular flexibility index (Phi) is 8.92. The molecule has 0 unspecified atom stereocenters. The van der Waals surface area contributed by atoms with Crippen LogP contribution in [0, 0.1) is 5.92 Å². The van der Waals surface area contributed by atoms with Crippen molar-refractivity contribution in [3.8, 4) is 0 Å². The van der Waals surface area contributed by atoms with Crippen LogP contribution in [0.3, 0.4) is 0 Å². The Morgan fingerprint density at radius 3 is 2.35 bits per heavy atom. The van der Waals surface area contributed by atoms with Gasteiger partial charge in [-0.15, -0.1) is 0 Å². The van der Waals surface area contributed by atoms with Gasteiger partial charge in [-0.05, 0) is 81.3 Å². The van der Waals surface area contributed by atoms with Crippen molar-refractivity contribution in [3.63, 3.8) is 0 Å². The summed E-state index contributed by atoms with van der Waals surface area (Å²) >= 11 is 3.57. The molecule has 0 spiro atoms. The minimum absolute atomic E-state index is 0.0580. The van der Waals surface area contributed by atoms with Gasteiger partial charge in [-0.3, -0.25) is 14.4 Å². The third-order valence-electron chi connectivity index (χ3n) is 8.02. The van der Waals surface area contributed by atoms with Gasteiger partial charge in [0.2, 0.25) is 5.91 Å². The molecule has 1 saturated heterocycles. The highest BCUT2D eigenvalue weighted by molar-refractivity contribution is 9.10. The number of ether oxygens (including phenoxy) is 1. The van der Waals surface area contributed by atoms with Crippen molar-refractivity contribution in [2.75, 3.05) is 13.1 Å². The van der Waals surface area contributed by atoms with E-state index in [9.17, 15) is 19.2 Å². The normalized spacial score (nSPS) is 18.7. The fraction of sp³-hybridized carbons (Fsp3) is 0.412. The van der Waals surface area contributed by atoms with Gasteiger partial charge in [-0.25, -0.2) is 4.79 Å². The maximum absolute atomic E-state index is 14.5. The van der Waals surface area contributed by atoms with Crippen LogP contribution >= 0.6 is 15.9 Å². The number of halogens is 1. The van der Waals surface area contributed by atoms with Gasteiger partial charge in [-0.2, -0.15) is 0 Å². The maximum Gasteiger partial charge on any atom is 0.410 e. The van der Waals surface area contributed by atoms with Gasteiger partial charge in [0.15, 0.2) is 5.78 Å². The summed E-state index contributed by atoms with van der Waals surface area (Å²) in [6.45, 7) is 6.44. The summed E-state index contributed by atoms with van der Waals surface area (Å²) in [5.74, 6) is -0.915. The van der Waals surface area contributed by atoms with Crippen LogP contribution in [0.5, 0.6) is 0 Å². The first kappa shape index (κ1) is 30.7. The number of likely N-dealkylation sites (tertiary alicyclic amines) is 1. The molecule has 8 nitrogen and oxygen atoms in total. The number of carbonyl (C=O) groups excluding carboxylic acids is 3. The number of amides is 2. The van der Waals surface area contributed by atoms with E-state index in [2.05, 4.69) is 15.9 Å². The summed E-state index contributed by atoms with van der Waals surface area (Å²) in [4.78, 5) is 56.9. The van der Waals surface area contributed by atoms with Crippen molar-refractivity contribution in [2.24, 2.45) is 13.0 Å². The van der Waals surface area contributed by atoms with Crippen molar-refractivity contribution >= 4 is 33.7 Å². The smallest absolute Gasteiger partial charge is 0.410 e. The Morgan fingerprint density at radius 1 is 0.977 bits per heavy atom. The molecule has 5 rings (SSSR count). The summed E-state index contributed by atoms with van der Waals surface area (Å²) in [7, 11) is 1.70. The Labute approximate surface area is 260 Å². The molecule has 1 aliphatic heterocycles. The number of nitrogens with zero attached hydrogens (tertiary/aromatic N) is 3. The largest absolute Gasteiger partial charge is 0.444 e. The fourth-order valence-corrected chi connectivity index (χ4v) is 6.24. The fourth-order valence-electron chi connectivity index (χ4n) is 5.70. The number of hydrogen-bond acceptors (Lipinski definition) is 5. The zero-order valence-corrected chi connectivity index (χ0v) is 26.7. The molecule has 226 valence electrons. The van der Waals surface area contributed by atoms with E-state index in [1.54, 1.807) is 42.4 Å². The van der Waals surface area contributed by atoms with Gasteiger partial charge in [-0.1, -0.05) is 46.3 Å². The van der Waals surface area contributed by atoms with Crippen molar-refractivity contribution in [2.45, 2.75) is 64.1 Å². The van der Waals surface area contributed by atoms with Gasteiger partial charge in [0.1, 0.15) is 5.60 Å². The number of ketones is 1. The lowest BCUT2D eigenvalue weighted by Gasteiger charge is -2.40. The van der Waals surface area contributed by atoms with Crippen molar-refractivity contribution in [1.82, 2.24) is 14.4 Å². The zero-order chi connectivity index (χ0) is 30.9. The van der Waals surface area contributed by atoms with E-state index in [4.69, 9.17) is 4.74 Å². The Morgan fingerprint density at radius 2 is 1.70 bits per heavy atom. The quantitative estimate of drug-likeness (QED) is 0.298. The predicted molar refractivity (Wildman–Crippen MR) is 168 cm³/mol. The molecule has 2 aliphatic rings. The predicted octanol–water partition coefficient (Wildman–Crippen LogP) is 5.91. The summed E-state index contributed by atoms with van der Waals surface area (Å²) in [6.07, 6.45) is 3.61. The lowest BCUT2D eigenvalue weighted by molar-refractivity contribution is -0.139. The van der Waals surface area contributed by atoms with Crippen LogP contribution in [0.4, 0.5) is 4.79 Å². The molecule has 9 heteroatoms. The molecule has 1 saturated carbocycles. The van der Waals surface area contributed by atoms with E-state index in [0.717, 1.165) is 28.4 Å². The molecule has 43 heavy (non-hydrogen) atoms. The Bertz CT molecular complexity index is 1570. The third-order valence-corrected chi connectivity index (χ3v) is 8.48. The SMILES string of the molecule is Cn1ccc([C@H]2CCN(C(=O)OC(C)(C)C)C[C@@H]2C(=O)N(Cc2cc(Br)cc(C(=O)c3ccccc3)c2)C2CC2)cc1=O. The van der Waals surface area contributed by atoms with E-state index in [0.29, 0.717) is 30.6 Å². The lowest BCUT2D eigenvalue weighted by Crippen LogP contribution is -2.51. The van der Waals surface area contributed by atoms with Gasteiger partial charge in [0.05, 0.1) is 5.92 Å². The number of piperidine rings is 1. The molecule has 2 aromatic carbocycles. The van der Waals surface area contributed by atoms with Gasteiger partial charge in [0, 0.05) is 60.6 Å². The number of hydrogen-bond donors (Lipinski definition) is 0. The van der Waals surface area contributed by atoms with Crippen LogP contribution < -0.4 is 5.56 Å². The van der Waals surface area contributed by atoms with Crippen LogP contribution in [0.15, 0.2) is 76.1 Å². The average Bonchev–Trinajstić information content (AvgIpc) is 3.81. The van der Waals surface area contributed by atoms with E-state index in [1.807, 2.05) is 62.1 Å². The monoisotopic (exact) mass is 647 g/mol. The topological polar surface area (TPSA) is 88.9 Å². The second kappa shape index (κ2) is 12.5. The van der Waals surface area contributed by atoms with E-state index >= 15 is 0 Å². The second-order valence-corrected chi connectivity index (χ2v) is 13.5. The van der Waals surface area contributed by atoms with Crippen LogP contribution in [0.2, 0.25) is 0 Å². The number of carbonyl (C=O) groups is 3. The lowest BCUT2D eigenvalue weighted by atomic mass is 9.79. The second-order valence-electron chi connectivity index (χ2n) is 12.6. The number of rotatable bonds is 7. The van der Waals surface area contributed by atoms with Gasteiger partial charge >= 0.3 is 6.09 Å².